The van der Waals surface area contributed by atoms with Crippen molar-refractivity contribution < 1.29 is 22.7 Å². The molecule has 0 radical (unpaired) electrons. The summed E-state index contributed by atoms with van der Waals surface area (Å²) in [7, 11) is 0. The molecule has 1 unspecified atom stereocenters. The van der Waals surface area contributed by atoms with Crippen LogP contribution >= 0.6 is 0 Å². The van der Waals surface area contributed by atoms with Gasteiger partial charge in [-0.2, -0.15) is 0 Å². The Kier molecular flexibility index (Phi) is 3.43. The Labute approximate surface area is 118 Å². The van der Waals surface area contributed by atoms with E-state index < -0.39 is 23.6 Å². The van der Waals surface area contributed by atoms with E-state index in [1.807, 2.05) is 0 Å². The minimum absolute atomic E-state index is 0.0316. The smallest absolute Gasteiger partial charge is 0.170 e. The number of hydrogen-bond acceptors (Lipinski definition) is 2. The second-order valence-corrected chi connectivity index (χ2v) is 4.80. The van der Waals surface area contributed by atoms with Gasteiger partial charge in [0.15, 0.2) is 11.4 Å². The van der Waals surface area contributed by atoms with Crippen molar-refractivity contribution in [2.24, 2.45) is 0 Å². The molecule has 0 aliphatic rings. The molecule has 0 saturated heterocycles. The summed E-state index contributed by atoms with van der Waals surface area (Å²) in [6.07, 6.45) is -1.14. The van der Waals surface area contributed by atoms with E-state index in [-0.39, 0.29) is 17.8 Å². The van der Waals surface area contributed by atoms with E-state index in [9.17, 15) is 18.3 Å². The van der Waals surface area contributed by atoms with Crippen LogP contribution in [0.25, 0.3) is 11.0 Å². The van der Waals surface area contributed by atoms with Gasteiger partial charge in [0.1, 0.15) is 23.5 Å². The Balaban J connectivity index is 1.89. The van der Waals surface area contributed by atoms with Crippen LogP contribution in [0, 0.1) is 17.5 Å². The first-order valence-corrected chi connectivity index (χ1v) is 6.34. The fourth-order valence-electron chi connectivity index (χ4n) is 2.26. The van der Waals surface area contributed by atoms with Crippen LogP contribution in [0.4, 0.5) is 13.2 Å². The summed E-state index contributed by atoms with van der Waals surface area (Å²) in [5.74, 6) is -1.80. The predicted molar refractivity (Wildman–Crippen MR) is 71.2 cm³/mol. The van der Waals surface area contributed by atoms with Gasteiger partial charge in [0.05, 0.1) is 0 Å². The topological polar surface area (TPSA) is 33.4 Å². The van der Waals surface area contributed by atoms with Crippen LogP contribution in [0.1, 0.15) is 17.4 Å². The van der Waals surface area contributed by atoms with Crippen LogP contribution in [0.3, 0.4) is 0 Å². The zero-order valence-corrected chi connectivity index (χ0v) is 10.8. The number of halogens is 3. The molecule has 0 aliphatic carbocycles. The number of aliphatic hydroxyl groups excluding tert-OH is 1. The molecule has 1 atom stereocenters. The van der Waals surface area contributed by atoms with Crippen molar-refractivity contribution in [3.8, 4) is 0 Å². The first-order chi connectivity index (χ1) is 10.0. The number of furan rings is 1. The Bertz CT molecular complexity index is 775. The molecule has 0 fully saturated rings. The third kappa shape index (κ3) is 2.78. The number of para-hydroxylation sites is 1. The van der Waals surface area contributed by atoms with E-state index in [0.29, 0.717) is 10.9 Å². The Hall–Kier alpha value is -2.27. The Morgan fingerprint density at radius 1 is 1.00 bits per heavy atom. The van der Waals surface area contributed by atoms with Gasteiger partial charge in [-0.15, -0.1) is 0 Å². The highest BCUT2D eigenvalue weighted by Gasteiger charge is 2.16. The third-order valence-electron chi connectivity index (χ3n) is 3.19. The molecule has 0 bridgehead atoms. The second kappa shape index (κ2) is 5.26. The molecule has 0 aliphatic heterocycles. The maximum Gasteiger partial charge on any atom is 0.170 e. The van der Waals surface area contributed by atoms with Crippen LogP contribution in [-0.4, -0.2) is 5.11 Å². The fourth-order valence-corrected chi connectivity index (χ4v) is 2.26. The lowest BCUT2D eigenvalue weighted by Crippen LogP contribution is -2.01. The van der Waals surface area contributed by atoms with Gasteiger partial charge in [0.25, 0.3) is 0 Å². The maximum atomic E-state index is 13.5. The molecule has 21 heavy (non-hydrogen) atoms. The van der Waals surface area contributed by atoms with Crippen molar-refractivity contribution >= 4 is 11.0 Å². The summed E-state index contributed by atoms with van der Waals surface area (Å²) in [6, 6.07) is 8.98. The van der Waals surface area contributed by atoms with Crippen LogP contribution in [-0.2, 0) is 6.42 Å². The molecule has 0 amide bonds. The van der Waals surface area contributed by atoms with E-state index in [1.54, 1.807) is 6.07 Å². The van der Waals surface area contributed by atoms with Crippen molar-refractivity contribution in [3.05, 3.63) is 71.2 Å². The van der Waals surface area contributed by atoms with E-state index >= 15 is 0 Å². The Morgan fingerprint density at radius 2 is 1.71 bits per heavy atom. The summed E-state index contributed by atoms with van der Waals surface area (Å²) >= 11 is 0. The number of rotatable bonds is 3. The monoisotopic (exact) mass is 292 g/mol. The van der Waals surface area contributed by atoms with Crippen LogP contribution in [0.5, 0.6) is 0 Å². The van der Waals surface area contributed by atoms with Gasteiger partial charge in [-0.25, -0.2) is 13.2 Å². The van der Waals surface area contributed by atoms with Gasteiger partial charge in [0.2, 0.25) is 0 Å². The van der Waals surface area contributed by atoms with Gasteiger partial charge >= 0.3 is 0 Å². The molecule has 1 heterocycles. The highest BCUT2D eigenvalue weighted by atomic mass is 19.1. The molecule has 0 spiro atoms. The fraction of sp³-hybridized carbons (Fsp3) is 0.125. The molecule has 2 aromatic carbocycles. The first kappa shape index (κ1) is 13.7. The number of hydrogen-bond donors (Lipinski definition) is 1. The van der Waals surface area contributed by atoms with Gasteiger partial charge in [-0.05, 0) is 29.8 Å². The molecule has 3 rings (SSSR count). The zero-order valence-electron chi connectivity index (χ0n) is 10.8. The number of benzene rings is 2. The van der Waals surface area contributed by atoms with Gasteiger partial charge in [-0.1, -0.05) is 12.1 Å². The van der Waals surface area contributed by atoms with Crippen molar-refractivity contribution in [3.63, 3.8) is 0 Å². The molecule has 2 nitrogen and oxygen atoms in total. The summed E-state index contributed by atoms with van der Waals surface area (Å²) in [5, 5.41) is 10.6. The van der Waals surface area contributed by atoms with Crippen LogP contribution in [0.15, 0.2) is 46.9 Å². The molecule has 1 N–H and O–H groups in total. The second-order valence-electron chi connectivity index (χ2n) is 4.80. The molecule has 5 heteroatoms. The van der Waals surface area contributed by atoms with E-state index in [0.717, 1.165) is 18.2 Å². The molecular weight excluding hydrogens is 281 g/mol. The Morgan fingerprint density at radius 3 is 2.38 bits per heavy atom. The van der Waals surface area contributed by atoms with Crippen LogP contribution < -0.4 is 0 Å². The highest BCUT2D eigenvalue weighted by molar-refractivity contribution is 5.78. The molecular formula is C16H11F3O2. The van der Waals surface area contributed by atoms with Crippen molar-refractivity contribution in [1.82, 2.24) is 0 Å². The SMILES string of the molecule is OC(Cc1cc(F)cc(F)c1)c1cc2cccc(F)c2o1. The molecule has 108 valence electrons. The third-order valence-corrected chi connectivity index (χ3v) is 3.19. The van der Waals surface area contributed by atoms with Crippen LogP contribution in [0.2, 0.25) is 0 Å². The highest BCUT2D eigenvalue weighted by Crippen LogP contribution is 2.28. The number of aliphatic hydroxyl groups is 1. The lowest BCUT2D eigenvalue weighted by molar-refractivity contribution is 0.152. The average molecular weight is 292 g/mol. The van der Waals surface area contributed by atoms with E-state index in [2.05, 4.69) is 0 Å². The summed E-state index contributed by atoms with van der Waals surface area (Å²) in [5.41, 5.74) is 0.345. The number of fused-ring (bicyclic) bond motifs is 1. The maximum absolute atomic E-state index is 13.5. The predicted octanol–water partition coefficient (Wildman–Crippen LogP) is 4.13. The van der Waals surface area contributed by atoms with E-state index in [4.69, 9.17) is 4.42 Å². The normalized spacial score (nSPS) is 12.8. The minimum atomic E-state index is -1.11. The van der Waals surface area contributed by atoms with Crippen molar-refractivity contribution in [1.29, 1.82) is 0 Å². The van der Waals surface area contributed by atoms with Crippen molar-refractivity contribution in [2.45, 2.75) is 12.5 Å². The van der Waals surface area contributed by atoms with Gasteiger partial charge < -0.3 is 9.52 Å². The average Bonchev–Trinajstić information content (AvgIpc) is 2.83. The standard InChI is InChI=1S/C16H11F3O2/c17-11-4-9(5-12(18)8-11)6-14(20)15-7-10-2-1-3-13(19)16(10)21-15/h1-5,7-8,14,20H,6H2. The van der Waals surface area contributed by atoms with E-state index in [1.165, 1.54) is 18.2 Å². The molecule has 1 aromatic heterocycles. The lowest BCUT2D eigenvalue weighted by Gasteiger charge is -2.08. The van der Waals surface area contributed by atoms with Gasteiger partial charge in [-0.3, -0.25) is 0 Å². The lowest BCUT2D eigenvalue weighted by atomic mass is 10.1. The van der Waals surface area contributed by atoms with Crippen molar-refractivity contribution in [2.75, 3.05) is 0 Å². The summed E-state index contributed by atoms with van der Waals surface area (Å²) in [6.45, 7) is 0. The zero-order chi connectivity index (χ0) is 15.0. The van der Waals surface area contributed by atoms with Gasteiger partial charge in [0, 0.05) is 17.9 Å². The first-order valence-electron chi connectivity index (χ1n) is 6.34. The summed E-state index contributed by atoms with van der Waals surface area (Å²) in [4.78, 5) is 0. The quantitative estimate of drug-likeness (QED) is 0.787. The molecule has 0 saturated carbocycles. The largest absolute Gasteiger partial charge is 0.455 e. The summed E-state index contributed by atoms with van der Waals surface area (Å²) < 4.78 is 45.0. The molecule has 3 aromatic rings. The minimum Gasteiger partial charge on any atom is -0.455 e.